The summed E-state index contributed by atoms with van der Waals surface area (Å²) < 4.78 is 0. The fourth-order valence-electron chi connectivity index (χ4n) is 3.43. The zero-order valence-electron chi connectivity index (χ0n) is 16.9. The lowest BCUT2D eigenvalue weighted by Gasteiger charge is -2.38. The van der Waals surface area contributed by atoms with Gasteiger partial charge in [-0.15, -0.1) is 0 Å². The molecule has 1 saturated heterocycles. The number of H-pyrrole nitrogens is 1. The zero-order valence-corrected chi connectivity index (χ0v) is 16.9. The number of carbonyl (C=O) groups is 3. The Kier molecular flexibility index (Phi) is 6.64. The highest BCUT2D eigenvalue weighted by Gasteiger charge is 2.39. The monoisotopic (exact) mass is 397 g/mol. The number of amides is 3. The lowest BCUT2D eigenvalue weighted by atomic mass is 10.0. The topological polar surface area (TPSA) is 98.4 Å². The minimum Gasteiger partial charge on any atom is -0.347 e. The van der Waals surface area contributed by atoms with E-state index in [0.29, 0.717) is 31.0 Å². The van der Waals surface area contributed by atoms with Crippen LogP contribution in [0.15, 0.2) is 36.5 Å². The summed E-state index contributed by atoms with van der Waals surface area (Å²) in [6, 6.07) is 8.20. The Balaban J connectivity index is 1.78. The molecule has 8 heteroatoms. The molecule has 0 radical (unpaired) electrons. The third-order valence-corrected chi connectivity index (χ3v) is 4.98. The van der Waals surface area contributed by atoms with Gasteiger partial charge in [0.25, 0.3) is 0 Å². The molecule has 2 aromatic rings. The average molecular weight is 397 g/mol. The number of imidazole rings is 1. The highest BCUT2D eigenvalue weighted by molar-refractivity contribution is 6.35. The van der Waals surface area contributed by atoms with E-state index in [1.165, 1.54) is 4.90 Å². The molecule has 2 heterocycles. The Morgan fingerprint density at radius 1 is 1.21 bits per heavy atom. The number of rotatable bonds is 8. The number of nitrogens with zero attached hydrogens (tertiary/aromatic N) is 3. The van der Waals surface area contributed by atoms with E-state index in [0.717, 1.165) is 18.5 Å². The predicted octanol–water partition coefficient (Wildman–Crippen LogP) is 1.55. The number of carbonyl (C=O) groups excluding carboxylic acids is 3. The maximum atomic E-state index is 13.1. The smallest absolute Gasteiger partial charge is 0.313 e. The normalized spacial score (nSPS) is 15.5. The van der Waals surface area contributed by atoms with Crippen molar-refractivity contribution in [3.05, 3.63) is 53.6 Å². The molecule has 0 aliphatic carbocycles. The molecular formula is C21H27N5O3. The summed E-state index contributed by atoms with van der Waals surface area (Å²) in [5.74, 6) is -0.881. The van der Waals surface area contributed by atoms with Crippen molar-refractivity contribution in [1.29, 1.82) is 0 Å². The van der Waals surface area contributed by atoms with Crippen LogP contribution in [0.4, 0.5) is 0 Å². The van der Waals surface area contributed by atoms with Crippen molar-refractivity contribution in [2.75, 3.05) is 19.6 Å². The molecule has 8 nitrogen and oxygen atoms in total. The van der Waals surface area contributed by atoms with Crippen LogP contribution in [0.3, 0.4) is 0 Å². The standard InChI is InChI=1S/C21H27N5O3/c1-3-4-10-25-11-12-26(21(29)20(25)28)18(16-8-6-5-7-9-16)19(27)23-14-17-22-13-15(2)24-17/h5-9,13,18H,3-4,10-12,14H2,1-2H3,(H,22,24)(H,23,27)/t18-/m0/s1. The van der Waals surface area contributed by atoms with Gasteiger partial charge >= 0.3 is 11.8 Å². The summed E-state index contributed by atoms with van der Waals surface area (Å²) in [5, 5.41) is 2.84. The number of piperazine rings is 1. The van der Waals surface area contributed by atoms with E-state index >= 15 is 0 Å². The van der Waals surface area contributed by atoms with E-state index in [4.69, 9.17) is 0 Å². The van der Waals surface area contributed by atoms with Gasteiger partial charge in [0.2, 0.25) is 5.91 Å². The van der Waals surface area contributed by atoms with Crippen LogP contribution in [-0.2, 0) is 20.9 Å². The Bertz CT molecular complexity index is 864. The van der Waals surface area contributed by atoms with Gasteiger partial charge in [0.05, 0.1) is 6.54 Å². The van der Waals surface area contributed by atoms with Gasteiger partial charge in [0.15, 0.2) is 0 Å². The van der Waals surface area contributed by atoms with E-state index in [-0.39, 0.29) is 12.5 Å². The molecule has 0 bridgehead atoms. The summed E-state index contributed by atoms with van der Waals surface area (Å²) in [7, 11) is 0. The van der Waals surface area contributed by atoms with Gasteiger partial charge in [-0.05, 0) is 18.9 Å². The van der Waals surface area contributed by atoms with Crippen molar-refractivity contribution in [1.82, 2.24) is 25.1 Å². The van der Waals surface area contributed by atoms with E-state index in [2.05, 4.69) is 15.3 Å². The maximum absolute atomic E-state index is 13.1. The van der Waals surface area contributed by atoms with Gasteiger partial charge in [-0.3, -0.25) is 14.4 Å². The second-order valence-corrected chi connectivity index (χ2v) is 7.19. The minimum atomic E-state index is -0.864. The van der Waals surface area contributed by atoms with Crippen molar-refractivity contribution in [3.63, 3.8) is 0 Å². The van der Waals surface area contributed by atoms with Crippen LogP contribution in [0.1, 0.15) is 42.9 Å². The predicted molar refractivity (Wildman–Crippen MR) is 108 cm³/mol. The van der Waals surface area contributed by atoms with Gasteiger partial charge < -0.3 is 20.1 Å². The molecule has 0 spiro atoms. The summed E-state index contributed by atoms with van der Waals surface area (Å²) in [6.45, 7) is 5.45. The number of unbranched alkanes of at least 4 members (excludes halogenated alkanes) is 1. The number of aryl methyl sites for hydroxylation is 1. The van der Waals surface area contributed by atoms with Crippen LogP contribution >= 0.6 is 0 Å². The lowest BCUT2D eigenvalue weighted by molar-refractivity contribution is -0.159. The molecule has 154 valence electrons. The molecule has 29 heavy (non-hydrogen) atoms. The number of aromatic nitrogens is 2. The molecule has 3 rings (SSSR count). The van der Waals surface area contributed by atoms with Crippen molar-refractivity contribution in [2.24, 2.45) is 0 Å². The van der Waals surface area contributed by atoms with Crippen LogP contribution < -0.4 is 5.32 Å². The second kappa shape index (κ2) is 9.36. The molecule has 1 aromatic carbocycles. The Morgan fingerprint density at radius 2 is 1.97 bits per heavy atom. The maximum Gasteiger partial charge on any atom is 0.313 e. The first-order valence-electron chi connectivity index (χ1n) is 9.94. The molecule has 0 saturated carbocycles. The Morgan fingerprint density at radius 3 is 2.62 bits per heavy atom. The lowest BCUT2D eigenvalue weighted by Crippen LogP contribution is -2.57. The molecule has 1 aliphatic rings. The third kappa shape index (κ3) is 4.82. The first-order chi connectivity index (χ1) is 14.0. The van der Waals surface area contributed by atoms with E-state index in [9.17, 15) is 14.4 Å². The summed E-state index contributed by atoms with van der Waals surface area (Å²) in [5.41, 5.74) is 1.57. The number of benzene rings is 1. The quantitative estimate of drug-likeness (QED) is 0.660. The highest BCUT2D eigenvalue weighted by atomic mass is 16.2. The molecule has 0 unspecified atom stereocenters. The average Bonchev–Trinajstić information content (AvgIpc) is 3.15. The third-order valence-electron chi connectivity index (χ3n) is 4.98. The fraction of sp³-hybridized carbons (Fsp3) is 0.429. The SMILES string of the molecule is CCCCN1CCN([C@H](C(=O)NCc2ncc(C)[nH]2)c2ccccc2)C(=O)C1=O. The van der Waals surface area contributed by atoms with Crippen LogP contribution in [0.25, 0.3) is 0 Å². The minimum absolute atomic E-state index is 0.217. The first kappa shape index (κ1) is 20.6. The van der Waals surface area contributed by atoms with Crippen molar-refractivity contribution >= 4 is 17.7 Å². The van der Waals surface area contributed by atoms with Crippen molar-refractivity contribution < 1.29 is 14.4 Å². The van der Waals surface area contributed by atoms with Crippen molar-refractivity contribution in [2.45, 2.75) is 39.3 Å². The molecule has 1 aliphatic heterocycles. The Hall–Kier alpha value is -3.16. The van der Waals surface area contributed by atoms with Crippen LogP contribution in [0.2, 0.25) is 0 Å². The largest absolute Gasteiger partial charge is 0.347 e. The van der Waals surface area contributed by atoms with Crippen LogP contribution in [0, 0.1) is 6.92 Å². The van der Waals surface area contributed by atoms with Gasteiger partial charge in [-0.2, -0.15) is 0 Å². The van der Waals surface area contributed by atoms with E-state index in [1.807, 2.05) is 32.0 Å². The highest BCUT2D eigenvalue weighted by Crippen LogP contribution is 2.24. The molecule has 2 N–H and O–H groups in total. The number of hydrogen-bond donors (Lipinski definition) is 2. The van der Waals surface area contributed by atoms with E-state index < -0.39 is 17.9 Å². The van der Waals surface area contributed by atoms with Gasteiger partial charge in [0, 0.05) is 31.5 Å². The number of aromatic amines is 1. The molecule has 1 aromatic heterocycles. The first-order valence-corrected chi connectivity index (χ1v) is 9.94. The fourth-order valence-corrected chi connectivity index (χ4v) is 3.43. The van der Waals surface area contributed by atoms with Gasteiger partial charge in [-0.1, -0.05) is 43.7 Å². The van der Waals surface area contributed by atoms with Crippen molar-refractivity contribution in [3.8, 4) is 0 Å². The van der Waals surface area contributed by atoms with Gasteiger partial charge in [0.1, 0.15) is 11.9 Å². The summed E-state index contributed by atoms with van der Waals surface area (Å²) in [4.78, 5) is 48.7. The molecule has 1 atom stereocenters. The second-order valence-electron chi connectivity index (χ2n) is 7.19. The molecular weight excluding hydrogens is 370 g/mol. The van der Waals surface area contributed by atoms with Crippen LogP contribution in [-0.4, -0.2) is 57.1 Å². The summed E-state index contributed by atoms with van der Waals surface area (Å²) >= 11 is 0. The number of hydrogen-bond acceptors (Lipinski definition) is 4. The zero-order chi connectivity index (χ0) is 20.8. The van der Waals surface area contributed by atoms with E-state index in [1.54, 1.807) is 23.2 Å². The molecule has 1 fully saturated rings. The Labute approximate surface area is 170 Å². The molecule has 3 amide bonds. The summed E-state index contributed by atoms with van der Waals surface area (Å²) in [6.07, 6.45) is 3.49. The number of nitrogens with one attached hydrogen (secondary N) is 2. The van der Waals surface area contributed by atoms with Crippen LogP contribution in [0.5, 0.6) is 0 Å². The van der Waals surface area contributed by atoms with Gasteiger partial charge in [-0.25, -0.2) is 4.98 Å².